The van der Waals surface area contributed by atoms with Crippen molar-refractivity contribution in [2.24, 2.45) is 0 Å². The van der Waals surface area contributed by atoms with Gasteiger partial charge in [-0.15, -0.1) is 0 Å². The molecule has 242 valence electrons. The molecule has 0 atom stereocenters. The van der Waals surface area contributed by atoms with Crippen molar-refractivity contribution in [3.05, 3.63) is 28.9 Å². The van der Waals surface area contributed by atoms with E-state index < -0.39 is 10.0 Å². The molecular formula is C31H48N8O4S. The minimum absolute atomic E-state index is 0.0634. The number of carbonyl (C=O) groups is 1. The molecule has 3 N–H and O–H groups in total. The predicted octanol–water partition coefficient (Wildman–Crippen LogP) is 3.75. The minimum Gasteiger partial charge on any atom is -0.379 e. The van der Waals surface area contributed by atoms with Gasteiger partial charge in [0.15, 0.2) is 5.65 Å². The standard InChI is InChI=1S/C31H48N8O4S/c1-2-3-15-33-31-34-23-27-29(37-39(30(27)36-31)25-8-5-4-6-9-25)24-10-12-26(13-11-24)44(41,42)35-17-14-28(40)32-16-7-18-38-19-21-43-22-20-38/h10,12,23,25,35H,2-9,11,13-22H2,1H3,(H,32,40)(H,33,34,36). The highest BCUT2D eigenvalue weighted by Crippen LogP contribution is 2.36. The smallest absolute Gasteiger partial charge is 0.236 e. The van der Waals surface area contributed by atoms with Crippen LogP contribution in [0.4, 0.5) is 5.95 Å². The monoisotopic (exact) mass is 628 g/mol. The van der Waals surface area contributed by atoms with E-state index in [9.17, 15) is 13.2 Å². The van der Waals surface area contributed by atoms with E-state index in [1.807, 2.05) is 12.3 Å². The molecule has 12 nitrogen and oxygen atoms in total. The first-order valence-corrected chi connectivity index (χ1v) is 17.9. The summed E-state index contributed by atoms with van der Waals surface area (Å²) in [5.41, 5.74) is 2.65. The van der Waals surface area contributed by atoms with Gasteiger partial charge < -0.3 is 15.4 Å². The molecule has 2 fully saturated rings. The molecule has 2 aliphatic carbocycles. The van der Waals surface area contributed by atoms with Gasteiger partial charge in [-0.25, -0.2) is 22.8 Å². The largest absolute Gasteiger partial charge is 0.379 e. The summed E-state index contributed by atoms with van der Waals surface area (Å²) in [6, 6.07) is 0.306. The lowest BCUT2D eigenvalue weighted by molar-refractivity contribution is -0.120. The Morgan fingerprint density at radius 3 is 2.61 bits per heavy atom. The average Bonchev–Trinajstić information content (AvgIpc) is 3.43. The number of hydrogen-bond donors (Lipinski definition) is 3. The SMILES string of the molecule is CCCCNc1ncc2c(C3=CC=C(S(=O)(=O)NCCC(=O)NCCCN4CCOCC4)CC3)nn(C3CCCCC3)c2n1. The number of allylic oxidation sites excluding steroid dienone is 4. The molecule has 0 aromatic carbocycles. The molecule has 2 aromatic rings. The Hall–Kier alpha value is -2.87. The van der Waals surface area contributed by atoms with Crippen LogP contribution in [-0.2, 0) is 19.6 Å². The normalized spacial score (nSPS) is 18.7. The van der Waals surface area contributed by atoms with Gasteiger partial charge in [0.05, 0.1) is 35.2 Å². The Balaban J connectivity index is 1.19. The number of fused-ring (bicyclic) bond motifs is 1. The fourth-order valence-electron chi connectivity index (χ4n) is 6.08. The Kier molecular flexibility index (Phi) is 11.8. The highest BCUT2D eigenvalue weighted by molar-refractivity contribution is 7.93. The van der Waals surface area contributed by atoms with E-state index in [2.05, 4.69) is 36.8 Å². The van der Waals surface area contributed by atoms with Crippen molar-refractivity contribution < 1.29 is 17.9 Å². The third-order valence-corrected chi connectivity index (χ3v) is 10.3. The predicted molar refractivity (Wildman–Crippen MR) is 173 cm³/mol. The van der Waals surface area contributed by atoms with Crippen LogP contribution in [0.25, 0.3) is 16.6 Å². The number of rotatable bonds is 15. The van der Waals surface area contributed by atoms with Crippen molar-refractivity contribution in [3.8, 4) is 0 Å². The molecule has 2 aromatic heterocycles. The summed E-state index contributed by atoms with van der Waals surface area (Å²) in [6.45, 7) is 7.91. The number of ether oxygens (including phenoxy) is 1. The quantitative estimate of drug-likeness (QED) is 0.251. The molecule has 1 amide bonds. The second-order valence-electron chi connectivity index (χ2n) is 11.9. The van der Waals surface area contributed by atoms with E-state index in [-0.39, 0.29) is 18.9 Å². The van der Waals surface area contributed by atoms with Gasteiger partial charge in [0.25, 0.3) is 0 Å². The van der Waals surface area contributed by atoms with E-state index in [1.165, 1.54) is 19.3 Å². The van der Waals surface area contributed by atoms with Crippen LogP contribution >= 0.6 is 0 Å². The fraction of sp³-hybridized carbons (Fsp3) is 0.677. The lowest BCUT2D eigenvalue weighted by Crippen LogP contribution is -2.38. The summed E-state index contributed by atoms with van der Waals surface area (Å²) in [7, 11) is -3.69. The fourth-order valence-corrected chi connectivity index (χ4v) is 7.25. The van der Waals surface area contributed by atoms with Gasteiger partial charge in [-0.1, -0.05) is 38.7 Å². The number of sulfonamides is 1. The van der Waals surface area contributed by atoms with E-state index in [0.29, 0.717) is 36.3 Å². The Morgan fingerprint density at radius 1 is 1.05 bits per heavy atom. The average molecular weight is 629 g/mol. The minimum atomic E-state index is -3.69. The number of morpholine rings is 1. The maximum atomic E-state index is 13.0. The number of unbranched alkanes of at least 4 members (excludes halogenated alkanes) is 1. The summed E-state index contributed by atoms with van der Waals surface area (Å²) in [4.78, 5) is 24.3. The van der Waals surface area contributed by atoms with E-state index >= 15 is 0 Å². The molecule has 1 saturated heterocycles. The molecule has 3 heterocycles. The van der Waals surface area contributed by atoms with Crippen molar-refractivity contribution in [1.82, 2.24) is 34.7 Å². The lowest BCUT2D eigenvalue weighted by Gasteiger charge is -2.26. The molecule has 0 unspecified atom stereocenters. The Labute approximate surface area is 261 Å². The van der Waals surface area contributed by atoms with Gasteiger partial charge in [-0.2, -0.15) is 10.1 Å². The number of nitrogens with one attached hydrogen (secondary N) is 3. The molecular weight excluding hydrogens is 580 g/mol. The zero-order chi connectivity index (χ0) is 30.8. The topological polar surface area (TPSA) is 143 Å². The molecule has 13 heteroatoms. The van der Waals surface area contributed by atoms with Crippen LogP contribution in [0.2, 0.25) is 0 Å². The lowest BCUT2D eigenvalue weighted by atomic mass is 9.96. The molecule has 1 saturated carbocycles. The van der Waals surface area contributed by atoms with Gasteiger partial charge in [0.1, 0.15) is 0 Å². The third-order valence-electron chi connectivity index (χ3n) is 8.66. The molecule has 0 radical (unpaired) electrons. The van der Waals surface area contributed by atoms with Crippen molar-refractivity contribution in [2.45, 2.75) is 83.6 Å². The summed E-state index contributed by atoms with van der Waals surface area (Å²) in [5.74, 6) is 0.467. The number of amides is 1. The number of hydrogen-bond acceptors (Lipinski definition) is 9. The first-order valence-electron chi connectivity index (χ1n) is 16.4. The van der Waals surface area contributed by atoms with Gasteiger partial charge in [-0.3, -0.25) is 9.69 Å². The van der Waals surface area contributed by atoms with Crippen LogP contribution in [-0.4, -0.2) is 91.5 Å². The van der Waals surface area contributed by atoms with Crippen LogP contribution in [0.5, 0.6) is 0 Å². The van der Waals surface area contributed by atoms with Crippen LogP contribution < -0.4 is 15.4 Å². The second kappa shape index (κ2) is 15.9. The van der Waals surface area contributed by atoms with Crippen LogP contribution in [0, 0.1) is 0 Å². The summed E-state index contributed by atoms with van der Waals surface area (Å²) in [6.07, 6.45) is 15.2. The van der Waals surface area contributed by atoms with Crippen LogP contribution in [0.1, 0.15) is 89.3 Å². The summed E-state index contributed by atoms with van der Waals surface area (Å²) < 4.78 is 36.1. The molecule has 0 spiro atoms. The van der Waals surface area contributed by atoms with E-state index in [1.54, 1.807) is 6.08 Å². The first-order chi connectivity index (χ1) is 21.4. The van der Waals surface area contributed by atoms with Gasteiger partial charge in [0, 0.05) is 45.3 Å². The highest BCUT2D eigenvalue weighted by Gasteiger charge is 2.26. The Morgan fingerprint density at radius 2 is 1.86 bits per heavy atom. The second-order valence-corrected chi connectivity index (χ2v) is 13.7. The number of anilines is 1. The summed E-state index contributed by atoms with van der Waals surface area (Å²) in [5, 5.41) is 12.2. The van der Waals surface area contributed by atoms with Crippen molar-refractivity contribution in [1.29, 1.82) is 0 Å². The number of nitrogens with zero attached hydrogens (tertiary/aromatic N) is 5. The zero-order valence-corrected chi connectivity index (χ0v) is 26.8. The van der Waals surface area contributed by atoms with E-state index in [0.717, 1.165) is 93.8 Å². The molecule has 0 bridgehead atoms. The number of carbonyl (C=O) groups excluding carboxylic acids is 1. The third kappa shape index (κ3) is 8.64. The van der Waals surface area contributed by atoms with Gasteiger partial charge >= 0.3 is 0 Å². The van der Waals surface area contributed by atoms with Crippen molar-refractivity contribution in [2.75, 3.05) is 57.8 Å². The molecule has 44 heavy (non-hydrogen) atoms. The van der Waals surface area contributed by atoms with Crippen molar-refractivity contribution in [3.63, 3.8) is 0 Å². The number of aromatic nitrogens is 4. The van der Waals surface area contributed by atoms with Gasteiger partial charge in [0.2, 0.25) is 21.9 Å². The maximum Gasteiger partial charge on any atom is 0.236 e. The molecule has 1 aliphatic heterocycles. The van der Waals surface area contributed by atoms with Crippen molar-refractivity contribution >= 4 is 38.5 Å². The zero-order valence-electron chi connectivity index (χ0n) is 26.0. The highest BCUT2D eigenvalue weighted by atomic mass is 32.2. The van der Waals surface area contributed by atoms with E-state index in [4.69, 9.17) is 14.8 Å². The first kappa shape index (κ1) is 32.5. The summed E-state index contributed by atoms with van der Waals surface area (Å²) >= 11 is 0. The molecule has 3 aliphatic rings. The molecule has 5 rings (SSSR count). The van der Waals surface area contributed by atoms with Crippen LogP contribution in [0.3, 0.4) is 0 Å². The van der Waals surface area contributed by atoms with Gasteiger partial charge in [-0.05, 0) is 56.7 Å². The maximum absolute atomic E-state index is 13.0. The van der Waals surface area contributed by atoms with Crippen LogP contribution in [0.15, 0.2) is 23.3 Å². The Bertz CT molecular complexity index is 1430.